The zero-order chi connectivity index (χ0) is 22.7. The van der Waals surface area contributed by atoms with Gasteiger partial charge >= 0.3 is 0 Å². The average Bonchev–Trinajstić information content (AvgIpc) is 3.22. The van der Waals surface area contributed by atoms with Crippen LogP contribution in [-0.4, -0.2) is 37.9 Å². The molecule has 1 aliphatic rings. The maximum absolute atomic E-state index is 12.8. The molecule has 2 atom stereocenters. The number of nitrogens with zero attached hydrogens (tertiary/aromatic N) is 4. The van der Waals surface area contributed by atoms with E-state index in [1.54, 1.807) is 17.7 Å². The van der Waals surface area contributed by atoms with E-state index in [-0.39, 0.29) is 17.6 Å². The Balaban J connectivity index is 1.56. The number of amides is 1. The predicted octanol–water partition coefficient (Wildman–Crippen LogP) is 3.29. The fourth-order valence-electron chi connectivity index (χ4n) is 4.25. The van der Waals surface area contributed by atoms with Crippen LogP contribution in [0.3, 0.4) is 0 Å². The Hall–Kier alpha value is -3.50. The second-order valence-electron chi connectivity index (χ2n) is 8.42. The minimum Gasteiger partial charge on any atom is -0.391 e. The molecule has 2 N–H and O–H groups in total. The highest BCUT2D eigenvalue weighted by atomic mass is 16.3. The topological polar surface area (TPSA) is 104 Å². The number of nitriles is 1. The summed E-state index contributed by atoms with van der Waals surface area (Å²) >= 11 is 0. The van der Waals surface area contributed by atoms with Crippen LogP contribution in [0.2, 0.25) is 0 Å². The number of hydrogen-bond donors (Lipinski definition) is 2. The molecule has 0 aliphatic heterocycles. The number of aromatic nitrogens is 3. The molecule has 1 amide bonds. The minimum absolute atomic E-state index is 0.253. The third-order valence-corrected chi connectivity index (χ3v) is 6.03. The highest BCUT2D eigenvalue weighted by Crippen LogP contribution is 2.22. The first kappa shape index (κ1) is 21.7. The van der Waals surface area contributed by atoms with E-state index in [1.807, 2.05) is 43.6 Å². The second-order valence-corrected chi connectivity index (χ2v) is 8.42. The maximum atomic E-state index is 12.8. The number of hydrogen-bond acceptors (Lipinski definition) is 5. The van der Waals surface area contributed by atoms with Crippen LogP contribution in [0.4, 0.5) is 0 Å². The molecule has 1 aromatic carbocycles. The summed E-state index contributed by atoms with van der Waals surface area (Å²) in [6.07, 6.45) is 5.32. The number of aliphatic hydroxyl groups is 1. The van der Waals surface area contributed by atoms with E-state index in [9.17, 15) is 15.2 Å². The number of rotatable bonds is 5. The highest BCUT2D eigenvalue weighted by molar-refractivity contribution is 5.93. The smallest absolute Gasteiger partial charge is 0.270 e. The van der Waals surface area contributed by atoms with Crippen molar-refractivity contribution in [3.05, 3.63) is 70.7 Å². The third-order valence-electron chi connectivity index (χ3n) is 6.03. The molecule has 4 rings (SSSR count). The van der Waals surface area contributed by atoms with Crippen LogP contribution in [-0.2, 0) is 13.5 Å². The SMILES string of the molecule is Cc1nc(C(=O)N[C@H]2CCCC[C@@H]2O)cc(Cc2ccc(-c3ccn(C)n3)cc2)c1C#N. The molecule has 1 aliphatic carbocycles. The largest absolute Gasteiger partial charge is 0.391 e. The van der Waals surface area contributed by atoms with Crippen LogP contribution in [0, 0.1) is 18.3 Å². The molecule has 2 aromatic heterocycles. The van der Waals surface area contributed by atoms with Crippen molar-refractivity contribution in [3.8, 4) is 17.3 Å². The molecule has 0 spiro atoms. The number of benzene rings is 1. The van der Waals surface area contributed by atoms with E-state index < -0.39 is 6.10 Å². The summed E-state index contributed by atoms with van der Waals surface area (Å²) in [5.41, 5.74) is 5.02. The van der Waals surface area contributed by atoms with Crippen LogP contribution < -0.4 is 5.32 Å². The monoisotopic (exact) mass is 429 g/mol. The molecule has 0 unspecified atom stereocenters. The molecule has 7 nitrogen and oxygen atoms in total. The predicted molar refractivity (Wildman–Crippen MR) is 121 cm³/mol. The average molecular weight is 430 g/mol. The summed E-state index contributed by atoms with van der Waals surface area (Å²) in [5, 5.41) is 27.2. The summed E-state index contributed by atoms with van der Waals surface area (Å²) in [6.45, 7) is 1.75. The van der Waals surface area contributed by atoms with Gasteiger partial charge in [0, 0.05) is 18.8 Å². The minimum atomic E-state index is -0.524. The Morgan fingerprint density at radius 1 is 1.25 bits per heavy atom. The van der Waals surface area contributed by atoms with Crippen molar-refractivity contribution in [3.63, 3.8) is 0 Å². The number of pyridine rings is 1. The van der Waals surface area contributed by atoms with Gasteiger partial charge in [-0.05, 0) is 49.4 Å². The lowest BCUT2D eigenvalue weighted by Gasteiger charge is -2.28. The van der Waals surface area contributed by atoms with Crippen LogP contribution >= 0.6 is 0 Å². The summed E-state index contributed by atoms with van der Waals surface area (Å²) in [5.74, 6) is -0.310. The molecule has 32 heavy (non-hydrogen) atoms. The Labute approximate surface area is 187 Å². The number of carbonyl (C=O) groups is 1. The lowest BCUT2D eigenvalue weighted by Crippen LogP contribution is -2.45. The lowest BCUT2D eigenvalue weighted by atomic mass is 9.92. The van der Waals surface area contributed by atoms with E-state index in [0.717, 1.165) is 41.6 Å². The summed E-state index contributed by atoms with van der Waals surface area (Å²) in [7, 11) is 1.88. The van der Waals surface area contributed by atoms with Gasteiger partial charge in [-0.15, -0.1) is 0 Å². The van der Waals surface area contributed by atoms with Crippen LogP contribution in [0.1, 0.15) is 58.6 Å². The Kier molecular flexibility index (Phi) is 6.33. The zero-order valence-electron chi connectivity index (χ0n) is 18.4. The van der Waals surface area contributed by atoms with Crippen molar-refractivity contribution < 1.29 is 9.90 Å². The first-order valence-corrected chi connectivity index (χ1v) is 10.9. The second kappa shape index (κ2) is 9.33. The lowest BCUT2D eigenvalue weighted by molar-refractivity contribution is 0.0713. The van der Waals surface area contributed by atoms with Crippen molar-refractivity contribution in [1.29, 1.82) is 5.26 Å². The number of nitrogens with one attached hydrogen (secondary N) is 1. The quantitative estimate of drug-likeness (QED) is 0.648. The third kappa shape index (κ3) is 4.71. The molecule has 0 bridgehead atoms. The van der Waals surface area contributed by atoms with Crippen LogP contribution in [0.15, 0.2) is 42.6 Å². The van der Waals surface area contributed by atoms with Crippen molar-refractivity contribution >= 4 is 5.91 Å². The molecule has 1 fully saturated rings. The van der Waals surface area contributed by atoms with Gasteiger partial charge in [-0.2, -0.15) is 10.4 Å². The first-order chi connectivity index (χ1) is 15.4. The molecule has 0 saturated heterocycles. The van der Waals surface area contributed by atoms with Gasteiger partial charge in [-0.3, -0.25) is 9.48 Å². The molecule has 164 valence electrons. The van der Waals surface area contributed by atoms with Gasteiger partial charge in [0.05, 0.1) is 29.1 Å². The van der Waals surface area contributed by atoms with Crippen LogP contribution in [0.25, 0.3) is 11.3 Å². The molecule has 7 heteroatoms. The van der Waals surface area contributed by atoms with E-state index in [0.29, 0.717) is 24.1 Å². The summed E-state index contributed by atoms with van der Waals surface area (Å²) in [4.78, 5) is 17.2. The highest BCUT2D eigenvalue weighted by Gasteiger charge is 2.26. The van der Waals surface area contributed by atoms with Gasteiger partial charge in [0.2, 0.25) is 0 Å². The van der Waals surface area contributed by atoms with Gasteiger partial charge in [-0.25, -0.2) is 4.98 Å². The molecule has 3 aromatic rings. The zero-order valence-corrected chi connectivity index (χ0v) is 18.4. The van der Waals surface area contributed by atoms with Crippen molar-refractivity contribution in [2.45, 2.75) is 51.2 Å². The molecular weight excluding hydrogens is 402 g/mol. The van der Waals surface area contributed by atoms with Crippen molar-refractivity contribution in [1.82, 2.24) is 20.1 Å². The van der Waals surface area contributed by atoms with E-state index in [4.69, 9.17) is 0 Å². The van der Waals surface area contributed by atoms with E-state index >= 15 is 0 Å². The fourth-order valence-corrected chi connectivity index (χ4v) is 4.25. The fraction of sp³-hybridized carbons (Fsp3) is 0.360. The Morgan fingerprint density at radius 3 is 2.66 bits per heavy atom. The molecular formula is C25H27N5O2. The molecule has 2 heterocycles. The standard InChI is InChI=1S/C25H27N5O2/c1-16-20(15-26)19(13-17-7-9-18(10-8-17)21-11-12-30(2)29-21)14-23(27-16)25(32)28-22-5-3-4-6-24(22)31/h7-12,14,22,24,31H,3-6,13H2,1-2H3,(H,28,32)/t22-,24-/m0/s1. The van der Waals surface area contributed by atoms with Crippen LogP contribution in [0.5, 0.6) is 0 Å². The molecule has 1 saturated carbocycles. The Bertz CT molecular complexity index is 1160. The molecule has 0 radical (unpaired) electrons. The van der Waals surface area contributed by atoms with Crippen molar-refractivity contribution in [2.75, 3.05) is 0 Å². The van der Waals surface area contributed by atoms with E-state index in [1.165, 1.54) is 0 Å². The number of carbonyl (C=O) groups excluding carboxylic acids is 1. The first-order valence-electron chi connectivity index (χ1n) is 10.9. The summed E-state index contributed by atoms with van der Waals surface area (Å²) in [6, 6.07) is 13.7. The Morgan fingerprint density at radius 2 is 2.00 bits per heavy atom. The van der Waals surface area contributed by atoms with Gasteiger partial charge in [-0.1, -0.05) is 37.1 Å². The normalized spacial score (nSPS) is 18.2. The number of aliphatic hydroxyl groups excluding tert-OH is 1. The van der Waals surface area contributed by atoms with Gasteiger partial charge in [0.1, 0.15) is 11.8 Å². The van der Waals surface area contributed by atoms with Gasteiger partial charge in [0.25, 0.3) is 5.91 Å². The van der Waals surface area contributed by atoms with Gasteiger partial charge in [0.15, 0.2) is 0 Å². The number of aryl methyl sites for hydroxylation is 2. The maximum Gasteiger partial charge on any atom is 0.270 e. The van der Waals surface area contributed by atoms with Crippen molar-refractivity contribution in [2.24, 2.45) is 7.05 Å². The van der Waals surface area contributed by atoms with E-state index in [2.05, 4.69) is 21.5 Å². The van der Waals surface area contributed by atoms with Gasteiger partial charge < -0.3 is 10.4 Å². The summed E-state index contributed by atoms with van der Waals surface area (Å²) < 4.78 is 1.76.